The number of ether oxygens (including phenoxy) is 3. The molecule has 0 saturated carbocycles. The van der Waals surface area contributed by atoms with Crippen LogP contribution in [0.1, 0.15) is 335 Å². The Morgan fingerprint density at radius 3 is 0.744 bits per heavy atom. The van der Waals surface area contributed by atoms with Gasteiger partial charge in [-0.05, 0) is 103 Å². The van der Waals surface area contributed by atoms with E-state index in [1.165, 1.54) is 180 Å². The Bertz CT molecular complexity index is 1640. The minimum atomic E-state index is -0.777. The molecule has 0 radical (unpaired) electrons. The highest BCUT2D eigenvalue weighted by Crippen LogP contribution is 2.17. The second-order valence-corrected chi connectivity index (χ2v) is 23.0. The molecule has 1 atom stereocenters. The summed E-state index contributed by atoms with van der Waals surface area (Å²) in [6.07, 6.45) is 95.6. The highest BCUT2D eigenvalue weighted by Gasteiger charge is 2.19. The molecule has 0 bridgehead atoms. The van der Waals surface area contributed by atoms with Crippen LogP contribution in [0.2, 0.25) is 0 Å². The van der Waals surface area contributed by atoms with Crippen LogP contribution < -0.4 is 0 Å². The van der Waals surface area contributed by atoms with Crippen molar-refractivity contribution in [3.8, 4) is 0 Å². The van der Waals surface area contributed by atoms with Crippen LogP contribution in [0, 0.1) is 0 Å². The Labute approximate surface area is 508 Å². The van der Waals surface area contributed by atoms with E-state index in [1.807, 2.05) is 0 Å². The van der Waals surface area contributed by atoms with E-state index in [1.54, 1.807) is 0 Å². The molecule has 0 aromatic heterocycles. The van der Waals surface area contributed by atoms with Crippen molar-refractivity contribution in [2.24, 2.45) is 0 Å². The Morgan fingerprint density at radius 1 is 0.256 bits per heavy atom. The minimum Gasteiger partial charge on any atom is -0.462 e. The molecule has 0 rings (SSSR count). The minimum absolute atomic E-state index is 0.0750. The van der Waals surface area contributed by atoms with Crippen LogP contribution in [0.25, 0.3) is 0 Å². The molecule has 0 aliphatic heterocycles. The molecule has 6 heteroatoms. The molecule has 6 nitrogen and oxygen atoms in total. The molecule has 0 N–H and O–H groups in total. The Balaban J connectivity index is 4.10. The van der Waals surface area contributed by atoms with E-state index in [2.05, 4.69) is 130 Å². The van der Waals surface area contributed by atoms with Gasteiger partial charge in [-0.15, -0.1) is 0 Å². The normalized spacial score (nSPS) is 12.8. The van der Waals surface area contributed by atoms with E-state index >= 15 is 0 Å². The molecule has 1 unspecified atom stereocenters. The Kier molecular flexibility index (Phi) is 66.2. The van der Waals surface area contributed by atoms with Crippen LogP contribution in [0.3, 0.4) is 0 Å². The van der Waals surface area contributed by atoms with E-state index in [4.69, 9.17) is 14.2 Å². The molecule has 0 spiro atoms. The molecule has 0 saturated heterocycles. The summed E-state index contributed by atoms with van der Waals surface area (Å²) in [5.74, 6) is -0.868. The zero-order chi connectivity index (χ0) is 59.2. The van der Waals surface area contributed by atoms with Crippen LogP contribution >= 0.6 is 0 Å². The van der Waals surface area contributed by atoms with Gasteiger partial charge in [-0.1, -0.05) is 323 Å². The van der Waals surface area contributed by atoms with Crippen molar-refractivity contribution in [3.05, 3.63) is 109 Å². The van der Waals surface area contributed by atoms with E-state index in [0.717, 1.165) is 116 Å². The van der Waals surface area contributed by atoms with Crippen LogP contribution in [0.15, 0.2) is 109 Å². The molecule has 82 heavy (non-hydrogen) atoms. The van der Waals surface area contributed by atoms with Gasteiger partial charge in [0.15, 0.2) is 6.10 Å². The third-order valence-corrected chi connectivity index (χ3v) is 15.0. The molecule has 0 aliphatic rings. The van der Waals surface area contributed by atoms with E-state index in [9.17, 15) is 14.4 Å². The lowest BCUT2D eigenvalue weighted by Crippen LogP contribution is -2.30. The summed E-state index contributed by atoms with van der Waals surface area (Å²) >= 11 is 0. The van der Waals surface area contributed by atoms with Gasteiger partial charge >= 0.3 is 17.9 Å². The van der Waals surface area contributed by atoms with Gasteiger partial charge in [-0.2, -0.15) is 0 Å². The van der Waals surface area contributed by atoms with Crippen LogP contribution in [0.4, 0.5) is 0 Å². The fourth-order valence-corrected chi connectivity index (χ4v) is 9.88. The summed E-state index contributed by atoms with van der Waals surface area (Å²) in [4.78, 5) is 38.3. The predicted octanol–water partition coefficient (Wildman–Crippen LogP) is 24.2. The monoisotopic (exact) mass is 1140 g/mol. The summed E-state index contributed by atoms with van der Waals surface area (Å²) < 4.78 is 16.9. The molecule has 470 valence electrons. The van der Waals surface area contributed by atoms with Gasteiger partial charge in [-0.25, -0.2) is 0 Å². The summed E-state index contributed by atoms with van der Waals surface area (Å²) in [7, 11) is 0. The van der Waals surface area contributed by atoms with E-state index in [0.29, 0.717) is 19.3 Å². The maximum atomic E-state index is 12.9. The zero-order valence-electron chi connectivity index (χ0n) is 54.0. The first kappa shape index (κ1) is 78.1. The largest absolute Gasteiger partial charge is 0.462 e. The molecule has 0 aliphatic carbocycles. The van der Waals surface area contributed by atoms with Crippen molar-refractivity contribution in [1.82, 2.24) is 0 Å². The summed E-state index contributed by atoms with van der Waals surface area (Å²) in [6.45, 7) is 6.42. The van der Waals surface area contributed by atoms with Gasteiger partial charge in [0.25, 0.3) is 0 Å². The standard InChI is InChI=1S/C76H130O6/c1-4-7-10-13-16-19-21-23-25-27-29-31-33-35-36-37-38-39-40-42-43-45-47-49-51-53-55-57-60-63-66-69-75(78)81-72-73(71-80-74(77)68-65-62-59-18-15-12-9-6-3)82-76(79)70-67-64-61-58-56-54-52-50-48-46-44-41-34-32-30-28-26-24-22-20-17-14-11-8-5-2/h7-8,10-11,16-17,19-20,23-26,29-32,35-36,73H,4-6,9,12-15,18,21-22,27-28,33-34,37-72H2,1-3H3/b10-7-,11-8-,19-16-,20-17-,25-23-,26-24-,31-29-,32-30-,36-35-. The summed E-state index contributed by atoms with van der Waals surface area (Å²) in [6, 6.07) is 0. The first-order chi connectivity index (χ1) is 40.5. The number of esters is 3. The van der Waals surface area contributed by atoms with Gasteiger partial charge in [-0.3, -0.25) is 14.4 Å². The number of rotatable bonds is 63. The van der Waals surface area contributed by atoms with Gasteiger partial charge in [0.1, 0.15) is 13.2 Å². The predicted molar refractivity (Wildman–Crippen MR) is 357 cm³/mol. The number of hydrogen-bond donors (Lipinski definition) is 0. The SMILES string of the molecule is CC/C=C\C/C=C\C/C=C\C/C=C\C/C=C\CCCCCCCCCCCCCCCCCC(=O)OCC(COC(=O)CCCCCCCCCC)OC(=O)CCCCCCCCCCCCCC/C=C\C/C=C\C/C=C\C/C=C\CC. The second-order valence-electron chi connectivity index (χ2n) is 23.0. The first-order valence-electron chi connectivity index (χ1n) is 34.9. The zero-order valence-corrected chi connectivity index (χ0v) is 54.0. The Hall–Kier alpha value is -3.93. The molecule has 0 fully saturated rings. The van der Waals surface area contributed by atoms with Crippen LogP contribution in [-0.2, 0) is 28.6 Å². The van der Waals surface area contributed by atoms with Gasteiger partial charge in [0, 0.05) is 19.3 Å². The highest BCUT2D eigenvalue weighted by molar-refractivity contribution is 5.71. The maximum Gasteiger partial charge on any atom is 0.306 e. The van der Waals surface area contributed by atoms with Crippen LogP contribution in [-0.4, -0.2) is 37.2 Å². The Morgan fingerprint density at radius 2 is 0.476 bits per heavy atom. The number of carbonyl (C=O) groups is 3. The number of unbranched alkanes of at least 4 members (excludes halogenated alkanes) is 34. The molecule has 0 aromatic carbocycles. The number of hydrogen-bond acceptors (Lipinski definition) is 6. The van der Waals surface area contributed by atoms with Crippen molar-refractivity contribution >= 4 is 17.9 Å². The third-order valence-electron chi connectivity index (χ3n) is 15.0. The topological polar surface area (TPSA) is 78.9 Å². The quantitative estimate of drug-likeness (QED) is 0.0261. The fraction of sp³-hybridized carbons (Fsp3) is 0.724. The first-order valence-corrected chi connectivity index (χ1v) is 34.9. The lowest BCUT2D eigenvalue weighted by molar-refractivity contribution is -0.167. The highest BCUT2D eigenvalue weighted by atomic mass is 16.6. The number of carbonyl (C=O) groups excluding carboxylic acids is 3. The van der Waals surface area contributed by atoms with Crippen molar-refractivity contribution in [1.29, 1.82) is 0 Å². The average Bonchev–Trinajstić information content (AvgIpc) is 3.47. The van der Waals surface area contributed by atoms with E-state index < -0.39 is 6.10 Å². The molecular weight excluding hydrogens is 1010 g/mol. The fourth-order valence-electron chi connectivity index (χ4n) is 9.88. The lowest BCUT2D eigenvalue weighted by Gasteiger charge is -2.18. The summed E-state index contributed by atoms with van der Waals surface area (Å²) in [5.41, 5.74) is 0. The average molecular weight is 1140 g/mol. The third kappa shape index (κ3) is 66.9. The van der Waals surface area contributed by atoms with Crippen molar-refractivity contribution in [2.75, 3.05) is 13.2 Å². The van der Waals surface area contributed by atoms with Crippen LogP contribution in [0.5, 0.6) is 0 Å². The number of allylic oxidation sites excluding steroid dienone is 18. The van der Waals surface area contributed by atoms with Gasteiger partial charge < -0.3 is 14.2 Å². The molecular formula is C76H130O6. The van der Waals surface area contributed by atoms with Gasteiger partial charge in [0.05, 0.1) is 0 Å². The van der Waals surface area contributed by atoms with Gasteiger partial charge in [0.2, 0.25) is 0 Å². The smallest absolute Gasteiger partial charge is 0.306 e. The molecule has 0 aromatic rings. The molecule has 0 amide bonds. The summed E-state index contributed by atoms with van der Waals surface area (Å²) in [5, 5.41) is 0. The van der Waals surface area contributed by atoms with Crippen molar-refractivity contribution in [3.63, 3.8) is 0 Å². The second kappa shape index (κ2) is 69.6. The van der Waals surface area contributed by atoms with Crippen molar-refractivity contribution < 1.29 is 28.6 Å². The lowest BCUT2D eigenvalue weighted by atomic mass is 10.0. The maximum absolute atomic E-state index is 12.9. The van der Waals surface area contributed by atoms with Crippen molar-refractivity contribution in [2.45, 2.75) is 341 Å². The van der Waals surface area contributed by atoms with E-state index in [-0.39, 0.29) is 31.1 Å². The molecule has 0 heterocycles.